The third kappa shape index (κ3) is 4.43. The second kappa shape index (κ2) is 7.59. The zero-order valence-electron chi connectivity index (χ0n) is 13.0. The lowest BCUT2D eigenvalue weighted by atomic mass is 9.74. The van der Waals surface area contributed by atoms with Crippen LogP contribution in [0.1, 0.15) is 25.3 Å². The molecule has 1 aromatic carbocycles. The number of aliphatic hydroxyl groups excluding tert-OH is 1. The maximum absolute atomic E-state index is 9.92. The lowest BCUT2D eigenvalue weighted by Gasteiger charge is -2.43. The SMILES string of the molecule is COC[C@@H](C)N1CCC(CO)(Cc2ccc(Cl)cc2)CC1. The van der Waals surface area contributed by atoms with Gasteiger partial charge in [-0.25, -0.2) is 0 Å². The molecule has 21 heavy (non-hydrogen) atoms. The minimum Gasteiger partial charge on any atom is -0.396 e. The van der Waals surface area contributed by atoms with Gasteiger partial charge in [-0.2, -0.15) is 0 Å². The highest BCUT2D eigenvalue weighted by Crippen LogP contribution is 2.35. The smallest absolute Gasteiger partial charge is 0.0615 e. The summed E-state index contributed by atoms with van der Waals surface area (Å²) >= 11 is 5.94. The summed E-state index contributed by atoms with van der Waals surface area (Å²) in [6.07, 6.45) is 2.98. The molecular formula is C17H26ClNO2. The first-order chi connectivity index (χ1) is 10.1. The molecule has 1 aromatic rings. The van der Waals surface area contributed by atoms with Gasteiger partial charge in [0.15, 0.2) is 0 Å². The minimum absolute atomic E-state index is 0.0110. The molecule has 1 fully saturated rings. The Morgan fingerprint density at radius 1 is 1.29 bits per heavy atom. The zero-order valence-corrected chi connectivity index (χ0v) is 13.8. The van der Waals surface area contributed by atoms with Crippen molar-refractivity contribution in [3.05, 3.63) is 34.9 Å². The second-order valence-corrected chi connectivity index (χ2v) is 6.74. The third-order valence-electron chi connectivity index (χ3n) is 4.72. The first-order valence-corrected chi connectivity index (χ1v) is 8.05. The summed E-state index contributed by atoms with van der Waals surface area (Å²) < 4.78 is 5.24. The van der Waals surface area contributed by atoms with Crippen LogP contribution in [-0.2, 0) is 11.2 Å². The molecule has 2 rings (SSSR count). The summed E-state index contributed by atoms with van der Waals surface area (Å²) in [7, 11) is 1.75. The van der Waals surface area contributed by atoms with Gasteiger partial charge < -0.3 is 9.84 Å². The van der Waals surface area contributed by atoms with E-state index in [0.29, 0.717) is 6.04 Å². The molecule has 0 aliphatic carbocycles. The van der Waals surface area contributed by atoms with Gasteiger partial charge in [-0.15, -0.1) is 0 Å². The van der Waals surface area contributed by atoms with Crippen LogP contribution in [0, 0.1) is 5.41 Å². The Morgan fingerprint density at radius 2 is 1.90 bits per heavy atom. The van der Waals surface area contributed by atoms with Crippen molar-refractivity contribution in [3.63, 3.8) is 0 Å². The number of hydrogen-bond donors (Lipinski definition) is 1. The molecule has 1 N–H and O–H groups in total. The molecule has 1 saturated heterocycles. The molecule has 0 amide bonds. The molecule has 0 spiro atoms. The lowest BCUT2D eigenvalue weighted by molar-refractivity contribution is 0.0130. The summed E-state index contributed by atoms with van der Waals surface area (Å²) in [6, 6.07) is 8.44. The van der Waals surface area contributed by atoms with Crippen LogP contribution in [0.25, 0.3) is 0 Å². The lowest BCUT2D eigenvalue weighted by Crippen LogP contribution is -2.47. The first-order valence-electron chi connectivity index (χ1n) is 7.67. The van der Waals surface area contributed by atoms with Crippen LogP contribution in [0.3, 0.4) is 0 Å². The monoisotopic (exact) mass is 311 g/mol. The van der Waals surface area contributed by atoms with E-state index in [1.165, 1.54) is 5.56 Å². The van der Waals surface area contributed by atoms with E-state index >= 15 is 0 Å². The number of likely N-dealkylation sites (tertiary alicyclic amines) is 1. The number of aliphatic hydroxyl groups is 1. The van der Waals surface area contributed by atoms with Crippen molar-refractivity contribution in [3.8, 4) is 0 Å². The van der Waals surface area contributed by atoms with Crippen molar-refractivity contribution in [2.45, 2.75) is 32.2 Å². The largest absolute Gasteiger partial charge is 0.396 e. The summed E-state index contributed by atoms with van der Waals surface area (Å²) in [5.74, 6) is 0. The predicted molar refractivity (Wildman–Crippen MR) is 86.8 cm³/mol. The fourth-order valence-corrected chi connectivity index (χ4v) is 3.34. The highest BCUT2D eigenvalue weighted by atomic mass is 35.5. The number of methoxy groups -OCH3 is 1. The normalized spacial score (nSPS) is 20.4. The minimum atomic E-state index is 0.0110. The summed E-state index contributed by atoms with van der Waals surface area (Å²) in [5.41, 5.74) is 1.27. The Kier molecular flexibility index (Phi) is 6.06. The quantitative estimate of drug-likeness (QED) is 0.876. The molecule has 1 aliphatic rings. The molecule has 1 aliphatic heterocycles. The predicted octanol–water partition coefficient (Wildman–Crippen LogP) is 2.99. The van der Waals surface area contributed by atoms with Gasteiger partial charge >= 0.3 is 0 Å². The number of hydrogen-bond acceptors (Lipinski definition) is 3. The highest BCUT2D eigenvalue weighted by Gasteiger charge is 2.35. The maximum Gasteiger partial charge on any atom is 0.0615 e. The van der Waals surface area contributed by atoms with E-state index in [9.17, 15) is 5.11 Å². The van der Waals surface area contributed by atoms with E-state index in [2.05, 4.69) is 24.0 Å². The molecule has 1 atom stereocenters. The Morgan fingerprint density at radius 3 is 2.43 bits per heavy atom. The molecule has 1 heterocycles. The van der Waals surface area contributed by atoms with E-state index in [4.69, 9.17) is 16.3 Å². The number of rotatable bonds is 6. The average molecular weight is 312 g/mol. The Labute approximate surface area is 132 Å². The fraction of sp³-hybridized carbons (Fsp3) is 0.647. The summed E-state index contributed by atoms with van der Waals surface area (Å²) in [6.45, 7) is 5.28. The molecule has 0 unspecified atom stereocenters. The van der Waals surface area contributed by atoms with Crippen LogP contribution in [0.2, 0.25) is 5.02 Å². The number of nitrogens with zero attached hydrogens (tertiary/aromatic N) is 1. The van der Waals surface area contributed by atoms with Crippen LogP contribution in [0.5, 0.6) is 0 Å². The molecule has 4 heteroatoms. The van der Waals surface area contributed by atoms with Gasteiger partial charge in [0.05, 0.1) is 6.61 Å². The average Bonchev–Trinajstić information content (AvgIpc) is 2.50. The van der Waals surface area contributed by atoms with E-state index in [0.717, 1.165) is 44.0 Å². The van der Waals surface area contributed by atoms with E-state index < -0.39 is 0 Å². The zero-order chi connectivity index (χ0) is 15.3. The van der Waals surface area contributed by atoms with E-state index in [1.807, 2.05) is 12.1 Å². The van der Waals surface area contributed by atoms with Crippen molar-refractivity contribution in [1.29, 1.82) is 0 Å². The van der Waals surface area contributed by atoms with Crippen LogP contribution in [-0.4, -0.2) is 49.5 Å². The van der Waals surface area contributed by atoms with Crippen molar-refractivity contribution < 1.29 is 9.84 Å². The molecular weight excluding hydrogens is 286 g/mol. The van der Waals surface area contributed by atoms with Gasteiger partial charge in [-0.1, -0.05) is 23.7 Å². The molecule has 0 aromatic heterocycles. The fourth-order valence-electron chi connectivity index (χ4n) is 3.21. The molecule has 118 valence electrons. The van der Waals surface area contributed by atoms with Crippen LogP contribution in [0.4, 0.5) is 0 Å². The van der Waals surface area contributed by atoms with E-state index in [-0.39, 0.29) is 12.0 Å². The number of piperidine rings is 1. The molecule has 3 nitrogen and oxygen atoms in total. The topological polar surface area (TPSA) is 32.7 Å². The Hall–Kier alpha value is -0.610. The van der Waals surface area contributed by atoms with Crippen molar-refractivity contribution in [2.75, 3.05) is 33.4 Å². The molecule has 0 saturated carbocycles. The molecule has 0 bridgehead atoms. The number of halogens is 1. The van der Waals surface area contributed by atoms with Crippen LogP contribution >= 0.6 is 11.6 Å². The highest BCUT2D eigenvalue weighted by molar-refractivity contribution is 6.30. The van der Waals surface area contributed by atoms with Gasteiger partial charge in [0, 0.05) is 24.8 Å². The van der Waals surface area contributed by atoms with Crippen molar-refractivity contribution in [1.82, 2.24) is 4.90 Å². The standard InChI is InChI=1S/C17H26ClNO2/c1-14(12-21-2)19-9-7-17(13-20,8-10-19)11-15-3-5-16(18)6-4-15/h3-6,14,20H,7-13H2,1-2H3/t14-/m1/s1. The van der Waals surface area contributed by atoms with Gasteiger partial charge in [0.25, 0.3) is 0 Å². The summed E-state index contributed by atoms with van der Waals surface area (Å²) in [5, 5.41) is 10.7. The number of ether oxygens (including phenoxy) is 1. The van der Waals surface area contributed by atoms with Gasteiger partial charge in [0.1, 0.15) is 0 Å². The Bertz CT molecular complexity index is 427. The van der Waals surface area contributed by atoms with Gasteiger partial charge in [-0.3, -0.25) is 4.90 Å². The number of benzene rings is 1. The summed E-state index contributed by atoms with van der Waals surface area (Å²) in [4.78, 5) is 2.46. The maximum atomic E-state index is 9.92. The van der Waals surface area contributed by atoms with Crippen LogP contribution in [0.15, 0.2) is 24.3 Å². The molecule has 0 radical (unpaired) electrons. The second-order valence-electron chi connectivity index (χ2n) is 6.30. The third-order valence-corrected chi connectivity index (χ3v) is 4.97. The van der Waals surface area contributed by atoms with Gasteiger partial charge in [-0.05, 0) is 62.4 Å². The van der Waals surface area contributed by atoms with Crippen LogP contribution < -0.4 is 0 Å². The van der Waals surface area contributed by atoms with Crippen molar-refractivity contribution in [2.24, 2.45) is 5.41 Å². The Balaban J connectivity index is 1.96. The first kappa shape index (κ1) is 16.8. The van der Waals surface area contributed by atoms with E-state index in [1.54, 1.807) is 7.11 Å². The van der Waals surface area contributed by atoms with Gasteiger partial charge in [0.2, 0.25) is 0 Å². The van der Waals surface area contributed by atoms with Crippen molar-refractivity contribution >= 4 is 11.6 Å².